The molecule has 4 heterocycles. The molecule has 1 aliphatic rings. The fourth-order valence-corrected chi connectivity index (χ4v) is 3.38. The summed E-state index contributed by atoms with van der Waals surface area (Å²) in [5, 5.41) is 5.61. The van der Waals surface area contributed by atoms with Crippen molar-refractivity contribution in [1.82, 2.24) is 24.7 Å². The fraction of sp³-hybridized carbons (Fsp3) is 0.412. The normalized spacial score (nSPS) is 18.0. The summed E-state index contributed by atoms with van der Waals surface area (Å²) < 4.78 is 1.84. The third-order valence-electron chi connectivity index (χ3n) is 4.56. The van der Waals surface area contributed by atoms with Crippen molar-refractivity contribution in [3.8, 4) is 11.5 Å². The molecular formula is C17H20N6. The summed E-state index contributed by atoms with van der Waals surface area (Å²) in [6.07, 6.45) is 4.17. The zero-order valence-corrected chi connectivity index (χ0v) is 13.7. The number of pyridine rings is 1. The van der Waals surface area contributed by atoms with E-state index in [9.17, 15) is 0 Å². The summed E-state index contributed by atoms with van der Waals surface area (Å²) in [6.45, 7) is 5.31. The van der Waals surface area contributed by atoms with Gasteiger partial charge in [-0.2, -0.15) is 5.10 Å². The highest BCUT2D eigenvalue weighted by molar-refractivity contribution is 5.91. The molecule has 0 radical (unpaired) electrons. The van der Waals surface area contributed by atoms with Crippen molar-refractivity contribution in [2.75, 3.05) is 11.4 Å². The average Bonchev–Trinajstić information content (AvgIpc) is 3.11. The zero-order chi connectivity index (χ0) is 16.0. The van der Waals surface area contributed by atoms with E-state index < -0.39 is 0 Å². The zero-order valence-electron chi connectivity index (χ0n) is 13.7. The second-order valence-corrected chi connectivity index (χ2v) is 6.18. The number of nitrogens with zero attached hydrogens (tertiary/aromatic N) is 6. The number of aromatic nitrogens is 5. The lowest BCUT2D eigenvalue weighted by Crippen LogP contribution is -2.27. The first-order chi connectivity index (χ1) is 11.1. The highest BCUT2D eigenvalue weighted by Crippen LogP contribution is 2.33. The molecule has 0 spiro atoms. The molecule has 3 aromatic heterocycles. The van der Waals surface area contributed by atoms with Crippen molar-refractivity contribution >= 4 is 16.9 Å². The van der Waals surface area contributed by atoms with Crippen LogP contribution in [-0.2, 0) is 7.05 Å². The molecule has 118 valence electrons. The fourth-order valence-electron chi connectivity index (χ4n) is 3.38. The molecule has 0 aliphatic carbocycles. The maximum Gasteiger partial charge on any atom is 0.182 e. The summed E-state index contributed by atoms with van der Waals surface area (Å²) in [5.41, 5.74) is 2.64. The summed E-state index contributed by atoms with van der Waals surface area (Å²) in [6, 6.07) is 6.30. The van der Waals surface area contributed by atoms with Crippen LogP contribution in [-0.4, -0.2) is 37.3 Å². The molecule has 0 saturated carbocycles. The minimum Gasteiger partial charge on any atom is -0.353 e. The van der Waals surface area contributed by atoms with E-state index in [4.69, 9.17) is 9.97 Å². The Morgan fingerprint density at radius 2 is 2.09 bits per heavy atom. The van der Waals surface area contributed by atoms with Gasteiger partial charge in [-0.3, -0.25) is 9.67 Å². The van der Waals surface area contributed by atoms with Crippen LogP contribution in [0.1, 0.15) is 25.5 Å². The Morgan fingerprint density at radius 3 is 2.78 bits per heavy atom. The van der Waals surface area contributed by atoms with Crippen LogP contribution in [0.5, 0.6) is 0 Å². The first-order valence-electron chi connectivity index (χ1n) is 8.04. The molecule has 3 aromatic rings. The SMILES string of the molecule is Cc1nn(C)c2nc(-c3ccccn3)nc(N3CCC[C@@H]3C)c12. The van der Waals surface area contributed by atoms with Crippen LogP contribution in [0.2, 0.25) is 0 Å². The molecule has 1 saturated heterocycles. The van der Waals surface area contributed by atoms with Crippen molar-refractivity contribution in [3.05, 3.63) is 30.1 Å². The topological polar surface area (TPSA) is 59.7 Å². The molecular weight excluding hydrogens is 288 g/mol. The van der Waals surface area contributed by atoms with E-state index in [1.807, 2.05) is 36.9 Å². The molecule has 0 unspecified atom stereocenters. The Bertz CT molecular complexity index is 854. The molecule has 6 nitrogen and oxygen atoms in total. The van der Waals surface area contributed by atoms with Gasteiger partial charge in [0.25, 0.3) is 0 Å². The van der Waals surface area contributed by atoms with Gasteiger partial charge in [0.15, 0.2) is 11.5 Å². The van der Waals surface area contributed by atoms with E-state index in [1.165, 1.54) is 12.8 Å². The highest BCUT2D eigenvalue weighted by atomic mass is 15.3. The molecule has 0 N–H and O–H groups in total. The molecule has 6 heteroatoms. The Labute approximate surface area is 135 Å². The lowest BCUT2D eigenvalue weighted by Gasteiger charge is -2.23. The first kappa shape index (κ1) is 14.1. The predicted molar refractivity (Wildman–Crippen MR) is 90.3 cm³/mol. The summed E-state index contributed by atoms with van der Waals surface area (Å²) >= 11 is 0. The predicted octanol–water partition coefficient (Wildman–Crippen LogP) is 2.72. The number of hydrogen-bond acceptors (Lipinski definition) is 5. The molecule has 0 aromatic carbocycles. The molecule has 1 atom stereocenters. The van der Waals surface area contributed by atoms with Crippen LogP contribution >= 0.6 is 0 Å². The monoisotopic (exact) mass is 308 g/mol. The third-order valence-corrected chi connectivity index (χ3v) is 4.56. The minimum absolute atomic E-state index is 0.490. The lowest BCUT2D eigenvalue weighted by molar-refractivity contribution is 0.729. The summed E-state index contributed by atoms with van der Waals surface area (Å²) in [4.78, 5) is 16.4. The van der Waals surface area contributed by atoms with E-state index in [0.717, 1.165) is 34.8 Å². The van der Waals surface area contributed by atoms with Gasteiger partial charge in [-0.25, -0.2) is 9.97 Å². The van der Waals surface area contributed by atoms with Crippen molar-refractivity contribution in [1.29, 1.82) is 0 Å². The maximum atomic E-state index is 4.88. The van der Waals surface area contributed by atoms with Gasteiger partial charge >= 0.3 is 0 Å². The maximum absolute atomic E-state index is 4.88. The van der Waals surface area contributed by atoms with Crippen LogP contribution < -0.4 is 4.90 Å². The lowest BCUT2D eigenvalue weighted by atomic mass is 10.2. The quantitative estimate of drug-likeness (QED) is 0.728. The van der Waals surface area contributed by atoms with Crippen LogP contribution in [0.4, 0.5) is 5.82 Å². The summed E-state index contributed by atoms with van der Waals surface area (Å²) in [7, 11) is 1.93. The smallest absolute Gasteiger partial charge is 0.182 e. The van der Waals surface area contributed by atoms with Crippen molar-refractivity contribution in [2.45, 2.75) is 32.7 Å². The highest BCUT2D eigenvalue weighted by Gasteiger charge is 2.27. The Morgan fingerprint density at radius 1 is 1.22 bits per heavy atom. The molecule has 4 rings (SSSR count). The van der Waals surface area contributed by atoms with Crippen molar-refractivity contribution in [2.24, 2.45) is 7.05 Å². The number of rotatable bonds is 2. The van der Waals surface area contributed by atoms with E-state index >= 15 is 0 Å². The number of hydrogen-bond donors (Lipinski definition) is 0. The Hall–Kier alpha value is -2.50. The Kier molecular flexibility index (Phi) is 3.25. The first-order valence-corrected chi connectivity index (χ1v) is 8.04. The van der Waals surface area contributed by atoms with E-state index in [0.29, 0.717) is 11.9 Å². The Balaban J connectivity index is 1.99. The number of anilines is 1. The summed E-state index contributed by atoms with van der Waals surface area (Å²) in [5.74, 6) is 1.65. The average molecular weight is 308 g/mol. The second-order valence-electron chi connectivity index (χ2n) is 6.18. The van der Waals surface area contributed by atoms with Gasteiger partial charge in [0.2, 0.25) is 0 Å². The molecule has 1 aliphatic heterocycles. The van der Waals surface area contributed by atoms with Gasteiger partial charge < -0.3 is 4.90 Å². The van der Waals surface area contributed by atoms with E-state index in [1.54, 1.807) is 6.20 Å². The third kappa shape index (κ3) is 2.25. The molecule has 0 bridgehead atoms. The molecule has 0 amide bonds. The largest absolute Gasteiger partial charge is 0.353 e. The van der Waals surface area contributed by atoms with Gasteiger partial charge in [-0.05, 0) is 38.8 Å². The van der Waals surface area contributed by atoms with Crippen molar-refractivity contribution in [3.63, 3.8) is 0 Å². The van der Waals surface area contributed by atoms with Gasteiger partial charge in [0.05, 0.1) is 11.1 Å². The number of fused-ring (bicyclic) bond motifs is 1. The molecule has 23 heavy (non-hydrogen) atoms. The van der Waals surface area contributed by atoms with Crippen LogP contribution in [0.25, 0.3) is 22.6 Å². The van der Waals surface area contributed by atoms with E-state index in [-0.39, 0.29) is 0 Å². The van der Waals surface area contributed by atoms with Crippen LogP contribution in [0.15, 0.2) is 24.4 Å². The molecule has 1 fully saturated rings. The van der Waals surface area contributed by atoms with Gasteiger partial charge in [0, 0.05) is 25.8 Å². The van der Waals surface area contributed by atoms with Crippen LogP contribution in [0.3, 0.4) is 0 Å². The second kappa shape index (κ2) is 5.30. The van der Waals surface area contributed by atoms with Gasteiger partial charge in [0.1, 0.15) is 11.5 Å². The van der Waals surface area contributed by atoms with Gasteiger partial charge in [-0.1, -0.05) is 6.07 Å². The number of aryl methyl sites for hydroxylation is 2. The standard InChI is InChI=1S/C17H20N6/c1-11-7-6-10-23(11)17-14-12(2)21-22(3)16(14)19-15(20-17)13-8-4-5-9-18-13/h4-5,8-9,11H,6-7,10H2,1-3H3/t11-/m0/s1. The minimum atomic E-state index is 0.490. The van der Waals surface area contributed by atoms with Crippen molar-refractivity contribution < 1.29 is 0 Å². The van der Waals surface area contributed by atoms with Gasteiger partial charge in [-0.15, -0.1) is 0 Å². The van der Waals surface area contributed by atoms with E-state index in [2.05, 4.69) is 21.9 Å². The van der Waals surface area contributed by atoms with Crippen LogP contribution in [0, 0.1) is 6.92 Å².